The van der Waals surface area contributed by atoms with Crippen molar-refractivity contribution in [2.45, 2.75) is 25.7 Å². The summed E-state index contributed by atoms with van der Waals surface area (Å²) in [6, 6.07) is 22.2. The topological polar surface area (TPSA) is 30.0 Å². The van der Waals surface area contributed by atoms with Crippen LogP contribution in [-0.4, -0.2) is 4.98 Å². The van der Waals surface area contributed by atoms with Gasteiger partial charge in [-0.15, -0.1) is 0 Å². The van der Waals surface area contributed by atoms with Gasteiger partial charge in [0.2, 0.25) is 0 Å². The number of rotatable bonds is 2. The predicted octanol–water partition coefficient (Wildman–Crippen LogP) is 5.80. The number of hydrogen-bond acceptors (Lipinski definition) is 2. The molecule has 5 rings (SSSR count). The molecule has 2 nitrogen and oxygen atoms in total. The second-order valence-corrected chi connectivity index (χ2v) is 7.48. The van der Waals surface area contributed by atoms with E-state index in [-0.39, 0.29) is 5.43 Å². The zero-order valence-corrected chi connectivity index (χ0v) is 15.7. The van der Waals surface area contributed by atoms with Gasteiger partial charge in [-0.2, -0.15) is 0 Å². The lowest BCUT2D eigenvalue weighted by Crippen LogP contribution is -2.05. The van der Waals surface area contributed by atoms with Gasteiger partial charge in [0.25, 0.3) is 0 Å². The van der Waals surface area contributed by atoms with Crippen LogP contribution in [0.5, 0.6) is 0 Å². The first-order valence-electron chi connectivity index (χ1n) is 9.91. The lowest BCUT2D eigenvalue weighted by molar-refractivity contribution is 0.667. The van der Waals surface area contributed by atoms with E-state index in [1.165, 1.54) is 24.1 Å². The van der Waals surface area contributed by atoms with Gasteiger partial charge in [0.05, 0.1) is 5.69 Å². The van der Waals surface area contributed by atoms with Crippen LogP contribution in [0.2, 0.25) is 0 Å². The molecule has 2 heteroatoms. The summed E-state index contributed by atoms with van der Waals surface area (Å²) in [7, 11) is 0. The molecule has 0 amide bonds. The first-order chi connectivity index (χ1) is 13.8. The molecule has 0 atom stereocenters. The van der Waals surface area contributed by atoms with Gasteiger partial charge >= 0.3 is 0 Å². The summed E-state index contributed by atoms with van der Waals surface area (Å²) >= 11 is 0. The van der Waals surface area contributed by atoms with Gasteiger partial charge in [-0.3, -0.25) is 9.78 Å². The third-order valence-corrected chi connectivity index (χ3v) is 5.62. The van der Waals surface area contributed by atoms with Crippen molar-refractivity contribution < 1.29 is 0 Å². The van der Waals surface area contributed by atoms with Crippen molar-refractivity contribution in [3.05, 3.63) is 99.5 Å². The molecular formula is C26H21NO. The fraction of sp³-hybridized carbons (Fsp3) is 0.154. The standard InChI is InChI=1S/C26H21NO/c28-26-23-7-3-1-5-19(23)12-13-20-11-9-18(17-24(20)26)10-15-22-16-14-21-6-2-4-8-25(21)27-22/h1,3,5,7,9-17H,2,4,6,8H2. The first kappa shape index (κ1) is 16.9. The Bertz CT molecular complexity index is 1290. The molecule has 136 valence electrons. The van der Waals surface area contributed by atoms with E-state index in [9.17, 15) is 4.79 Å². The molecule has 0 unspecified atom stereocenters. The molecule has 0 spiro atoms. The minimum Gasteiger partial charge on any atom is -0.289 e. The Morgan fingerprint density at radius 2 is 1.54 bits per heavy atom. The molecule has 0 saturated carbocycles. The molecule has 4 aromatic rings. The van der Waals surface area contributed by atoms with E-state index < -0.39 is 0 Å². The number of pyridine rings is 1. The Kier molecular flexibility index (Phi) is 4.25. The molecule has 1 heterocycles. The third-order valence-electron chi connectivity index (χ3n) is 5.62. The summed E-state index contributed by atoms with van der Waals surface area (Å²) in [4.78, 5) is 17.8. The van der Waals surface area contributed by atoms with Crippen LogP contribution in [-0.2, 0) is 12.8 Å². The normalized spacial score (nSPS) is 13.9. The molecular weight excluding hydrogens is 342 g/mol. The van der Waals surface area contributed by atoms with Crippen molar-refractivity contribution in [1.82, 2.24) is 4.98 Å². The van der Waals surface area contributed by atoms with Crippen molar-refractivity contribution in [3.8, 4) is 0 Å². The Morgan fingerprint density at radius 1 is 0.750 bits per heavy atom. The zero-order valence-electron chi connectivity index (χ0n) is 15.7. The smallest absolute Gasteiger partial charge is 0.194 e. The van der Waals surface area contributed by atoms with E-state index in [0.29, 0.717) is 0 Å². The Labute approximate surface area is 164 Å². The van der Waals surface area contributed by atoms with Gasteiger partial charge in [0.15, 0.2) is 5.43 Å². The lowest BCUT2D eigenvalue weighted by atomic mass is 9.96. The highest BCUT2D eigenvalue weighted by Crippen LogP contribution is 2.21. The van der Waals surface area contributed by atoms with Gasteiger partial charge in [0, 0.05) is 16.5 Å². The molecule has 0 aliphatic heterocycles. The highest BCUT2D eigenvalue weighted by Gasteiger charge is 2.10. The van der Waals surface area contributed by atoms with Crippen LogP contribution < -0.4 is 5.43 Å². The van der Waals surface area contributed by atoms with E-state index in [4.69, 9.17) is 4.98 Å². The van der Waals surface area contributed by atoms with E-state index in [0.717, 1.165) is 45.6 Å². The summed E-state index contributed by atoms with van der Waals surface area (Å²) in [5.74, 6) is 0. The minimum absolute atomic E-state index is 0.0813. The van der Waals surface area contributed by atoms with Gasteiger partial charge in [0.1, 0.15) is 0 Å². The second kappa shape index (κ2) is 7.05. The maximum atomic E-state index is 13.0. The van der Waals surface area contributed by atoms with Gasteiger partial charge < -0.3 is 0 Å². The maximum absolute atomic E-state index is 13.0. The predicted molar refractivity (Wildman–Crippen MR) is 118 cm³/mol. The van der Waals surface area contributed by atoms with Crippen molar-refractivity contribution >= 4 is 33.7 Å². The molecule has 28 heavy (non-hydrogen) atoms. The van der Waals surface area contributed by atoms with Crippen molar-refractivity contribution in [2.24, 2.45) is 0 Å². The third kappa shape index (κ3) is 3.11. The van der Waals surface area contributed by atoms with Crippen LogP contribution in [0.25, 0.3) is 33.7 Å². The number of hydrogen-bond donors (Lipinski definition) is 0. The van der Waals surface area contributed by atoms with Crippen molar-refractivity contribution in [2.75, 3.05) is 0 Å². The summed E-state index contributed by atoms with van der Waals surface area (Å²) in [6.07, 6.45) is 8.82. The zero-order chi connectivity index (χ0) is 18.9. The van der Waals surface area contributed by atoms with Crippen LogP contribution >= 0.6 is 0 Å². The number of nitrogens with zero attached hydrogens (tertiary/aromatic N) is 1. The second-order valence-electron chi connectivity index (χ2n) is 7.48. The highest BCUT2D eigenvalue weighted by molar-refractivity contribution is 5.94. The average molecular weight is 363 g/mol. The fourth-order valence-electron chi connectivity index (χ4n) is 4.07. The van der Waals surface area contributed by atoms with Crippen LogP contribution in [0.4, 0.5) is 0 Å². The molecule has 1 aliphatic rings. The quantitative estimate of drug-likeness (QED) is 0.451. The number of aryl methyl sites for hydroxylation is 2. The Balaban J connectivity index is 1.56. The first-order valence-corrected chi connectivity index (χ1v) is 9.91. The van der Waals surface area contributed by atoms with E-state index in [1.807, 2.05) is 60.7 Å². The molecule has 0 bridgehead atoms. The van der Waals surface area contributed by atoms with Crippen LogP contribution in [0.1, 0.15) is 35.4 Å². The van der Waals surface area contributed by atoms with Gasteiger partial charge in [-0.05, 0) is 65.8 Å². The van der Waals surface area contributed by atoms with E-state index in [2.05, 4.69) is 18.2 Å². The molecule has 3 aromatic carbocycles. The summed E-state index contributed by atoms with van der Waals surface area (Å²) < 4.78 is 0. The summed E-state index contributed by atoms with van der Waals surface area (Å²) in [5.41, 5.74) is 4.71. The molecule has 0 radical (unpaired) electrons. The van der Waals surface area contributed by atoms with E-state index in [1.54, 1.807) is 0 Å². The summed E-state index contributed by atoms with van der Waals surface area (Å²) in [6.45, 7) is 0. The van der Waals surface area contributed by atoms with E-state index >= 15 is 0 Å². The Hall–Kier alpha value is -3.26. The van der Waals surface area contributed by atoms with Crippen LogP contribution in [0.15, 0.2) is 71.5 Å². The number of benzene rings is 2. The number of aromatic nitrogens is 1. The molecule has 1 aromatic heterocycles. The van der Waals surface area contributed by atoms with Gasteiger partial charge in [-0.25, -0.2) is 0 Å². The fourth-order valence-corrected chi connectivity index (χ4v) is 4.07. The molecule has 0 N–H and O–H groups in total. The van der Waals surface area contributed by atoms with Crippen LogP contribution in [0.3, 0.4) is 0 Å². The molecule has 0 fully saturated rings. The monoisotopic (exact) mass is 363 g/mol. The summed E-state index contributed by atoms with van der Waals surface area (Å²) in [5, 5.41) is 3.45. The lowest BCUT2D eigenvalue weighted by Gasteiger charge is -2.14. The largest absolute Gasteiger partial charge is 0.289 e. The highest BCUT2D eigenvalue weighted by atomic mass is 16.1. The molecule has 0 saturated heterocycles. The van der Waals surface area contributed by atoms with Gasteiger partial charge in [-0.1, -0.05) is 60.7 Å². The van der Waals surface area contributed by atoms with Crippen molar-refractivity contribution in [3.63, 3.8) is 0 Å². The SMILES string of the molecule is O=c1c2ccccc2ccc2ccc(C=Cc3ccc4c(n3)CCCC4)cc12. The van der Waals surface area contributed by atoms with Crippen LogP contribution in [0, 0.1) is 0 Å². The minimum atomic E-state index is 0.0813. The average Bonchev–Trinajstić information content (AvgIpc) is 2.89. The number of fused-ring (bicyclic) bond motifs is 3. The Morgan fingerprint density at radius 3 is 2.46 bits per heavy atom. The van der Waals surface area contributed by atoms with Crippen molar-refractivity contribution in [1.29, 1.82) is 0 Å². The maximum Gasteiger partial charge on any atom is 0.194 e. The molecule has 1 aliphatic carbocycles.